The highest BCUT2D eigenvalue weighted by atomic mass is 16.5. The van der Waals surface area contributed by atoms with Crippen LogP contribution >= 0.6 is 0 Å². The molecule has 1 aliphatic heterocycles. The lowest BCUT2D eigenvalue weighted by molar-refractivity contribution is -0.123. The molecule has 0 bridgehead atoms. The van der Waals surface area contributed by atoms with Crippen LogP contribution in [-0.4, -0.2) is 37.3 Å². The van der Waals surface area contributed by atoms with Gasteiger partial charge in [0.15, 0.2) is 0 Å². The molecule has 250 valence electrons. The number of nitrogens with zero attached hydrogens (tertiary/aromatic N) is 2. The first-order valence-corrected chi connectivity index (χ1v) is 16.5. The van der Waals surface area contributed by atoms with Gasteiger partial charge in [-0.3, -0.25) is 9.80 Å². The molecule has 3 rings (SSSR count). The Hall–Kier alpha value is -3.80. The molecule has 2 atom stereocenters. The average Bonchev–Trinajstić information content (AvgIpc) is 3.42. The van der Waals surface area contributed by atoms with Crippen LogP contribution in [0, 0.1) is 17.8 Å². The maximum absolute atomic E-state index is 12.0. The molecule has 6 heteroatoms. The van der Waals surface area contributed by atoms with E-state index in [0.717, 1.165) is 17.1 Å². The number of hydrazone groups is 1. The fourth-order valence-electron chi connectivity index (χ4n) is 5.03. The summed E-state index contributed by atoms with van der Waals surface area (Å²) >= 11 is 0. The zero-order valence-electron chi connectivity index (χ0n) is 29.1. The van der Waals surface area contributed by atoms with Crippen molar-refractivity contribution in [3.05, 3.63) is 110 Å². The SMILES string of the molecule is C1CCC(C2CCC2)CC1.C=C/C=C\C=C/C.C=CN1N=CC(C(=O)NC)C1/C=C/C(=C/C(=C/OC)C(=C)N)C(=C)C.CCC. The van der Waals surface area contributed by atoms with Crippen LogP contribution in [0.25, 0.3) is 0 Å². The van der Waals surface area contributed by atoms with Gasteiger partial charge in [-0.25, -0.2) is 0 Å². The van der Waals surface area contributed by atoms with Gasteiger partial charge in [0.1, 0.15) is 5.92 Å². The summed E-state index contributed by atoms with van der Waals surface area (Å²) in [6, 6.07) is -0.267. The second-order valence-electron chi connectivity index (χ2n) is 11.5. The van der Waals surface area contributed by atoms with Crippen LogP contribution in [0.5, 0.6) is 0 Å². The number of carbonyl (C=O) groups is 1. The Morgan fingerprint density at radius 3 is 2.04 bits per heavy atom. The van der Waals surface area contributed by atoms with Gasteiger partial charge in [0.2, 0.25) is 5.91 Å². The van der Waals surface area contributed by atoms with E-state index < -0.39 is 5.92 Å². The number of rotatable bonds is 11. The molecule has 0 radical (unpaired) electrons. The van der Waals surface area contributed by atoms with E-state index in [9.17, 15) is 4.79 Å². The highest BCUT2D eigenvalue weighted by Crippen LogP contribution is 2.40. The Morgan fingerprint density at radius 1 is 1.02 bits per heavy atom. The number of allylic oxidation sites excluding steroid dienone is 9. The molecular formula is C39H62N4O2. The van der Waals surface area contributed by atoms with E-state index in [1.54, 1.807) is 63.3 Å². The van der Waals surface area contributed by atoms with Crippen LogP contribution < -0.4 is 11.1 Å². The van der Waals surface area contributed by atoms with E-state index in [-0.39, 0.29) is 11.9 Å². The van der Waals surface area contributed by atoms with Gasteiger partial charge in [-0.05, 0) is 37.3 Å². The molecule has 2 unspecified atom stereocenters. The minimum Gasteiger partial charge on any atom is -0.504 e. The van der Waals surface area contributed by atoms with Gasteiger partial charge in [0.05, 0.1) is 19.4 Å². The zero-order chi connectivity index (χ0) is 34.0. The van der Waals surface area contributed by atoms with E-state index >= 15 is 0 Å². The summed E-state index contributed by atoms with van der Waals surface area (Å²) in [5.74, 6) is 1.81. The Balaban J connectivity index is 0.000000779. The highest BCUT2D eigenvalue weighted by Gasteiger charge is 2.32. The number of ether oxygens (including phenoxy) is 1. The van der Waals surface area contributed by atoms with Gasteiger partial charge in [0, 0.05) is 30.7 Å². The molecule has 2 saturated carbocycles. The third-order valence-electron chi connectivity index (χ3n) is 7.68. The quantitative estimate of drug-likeness (QED) is 0.179. The molecule has 3 N–H and O–H groups in total. The van der Waals surface area contributed by atoms with Gasteiger partial charge in [0.25, 0.3) is 0 Å². The molecule has 6 nitrogen and oxygen atoms in total. The van der Waals surface area contributed by atoms with Crippen LogP contribution in [-0.2, 0) is 9.53 Å². The predicted molar refractivity (Wildman–Crippen MR) is 196 cm³/mol. The van der Waals surface area contributed by atoms with Crippen molar-refractivity contribution in [1.29, 1.82) is 0 Å². The first kappa shape index (κ1) is 41.2. The van der Waals surface area contributed by atoms with Crippen molar-refractivity contribution in [2.24, 2.45) is 28.6 Å². The van der Waals surface area contributed by atoms with E-state index in [1.807, 2.05) is 56.4 Å². The van der Waals surface area contributed by atoms with Gasteiger partial charge < -0.3 is 15.8 Å². The summed E-state index contributed by atoms with van der Waals surface area (Å²) < 4.78 is 5.03. The number of carbonyl (C=O) groups excluding carboxylic acids is 1. The van der Waals surface area contributed by atoms with Crippen LogP contribution in [0.1, 0.15) is 85.5 Å². The van der Waals surface area contributed by atoms with E-state index in [4.69, 9.17) is 10.5 Å². The van der Waals surface area contributed by atoms with Gasteiger partial charge >= 0.3 is 0 Å². The fraction of sp³-hybridized carbons (Fsp3) is 0.487. The summed E-state index contributed by atoms with van der Waals surface area (Å²) in [5, 5.41) is 8.48. The molecule has 2 aliphatic carbocycles. The first-order valence-electron chi connectivity index (χ1n) is 16.5. The minimum atomic E-state index is -0.399. The van der Waals surface area contributed by atoms with Crippen LogP contribution in [0.3, 0.4) is 0 Å². The Morgan fingerprint density at radius 2 is 1.62 bits per heavy atom. The normalized spacial score (nSPS) is 20.3. The van der Waals surface area contributed by atoms with Crippen molar-refractivity contribution in [3.63, 3.8) is 0 Å². The maximum Gasteiger partial charge on any atom is 0.230 e. The topological polar surface area (TPSA) is 80.0 Å². The molecular weight excluding hydrogens is 556 g/mol. The maximum atomic E-state index is 12.0. The third-order valence-corrected chi connectivity index (χ3v) is 7.68. The Kier molecular flexibility index (Phi) is 23.4. The fourth-order valence-corrected chi connectivity index (χ4v) is 5.03. The van der Waals surface area contributed by atoms with Crippen LogP contribution in [0.2, 0.25) is 0 Å². The lowest BCUT2D eigenvalue weighted by Crippen LogP contribution is -2.37. The van der Waals surface area contributed by atoms with Gasteiger partial charge in [-0.2, -0.15) is 5.10 Å². The molecule has 45 heavy (non-hydrogen) atoms. The Bertz CT molecular complexity index is 1080. The second kappa shape index (κ2) is 25.5. The summed E-state index contributed by atoms with van der Waals surface area (Å²) in [6.07, 6.45) is 33.4. The molecule has 0 spiro atoms. The summed E-state index contributed by atoms with van der Waals surface area (Å²) in [5.41, 5.74) is 8.48. The Labute approximate surface area is 275 Å². The van der Waals surface area contributed by atoms with Crippen molar-refractivity contribution in [2.45, 2.75) is 91.5 Å². The first-order chi connectivity index (χ1) is 21.6. The molecule has 0 aromatic carbocycles. The molecule has 0 aromatic heterocycles. The van der Waals surface area contributed by atoms with E-state index in [2.05, 4.69) is 50.6 Å². The van der Waals surface area contributed by atoms with E-state index in [1.165, 1.54) is 44.3 Å². The number of nitrogens with two attached hydrogens (primary N) is 1. The standard InChI is InChI=1S/C19H26N4O2.C10H18.C7H10.C3H8/c1-7-23-18(17(11-22-23)19(24)21-5)9-8-15(13(2)3)10-16(12-25-6)14(4)20;1-2-5-9(6-3-1)10-7-4-8-10;1-3-5-7-6-4-2;1-3-2/h7-12,17-18H,1-2,4,20H2,3,5-6H3,(H,21,24);9-10H,1-8H2;3-7H,1H2,2H3;3H2,1-2H3/b9-8+,15-10-,16-12-;;6-4-,7-5-;. The molecule has 3 aliphatic rings. The van der Waals surface area contributed by atoms with Crippen LogP contribution in [0.15, 0.2) is 115 Å². The summed E-state index contributed by atoms with van der Waals surface area (Å²) in [4.78, 5) is 12.0. The second-order valence-corrected chi connectivity index (χ2v) is 11.5. The average molecular weight is 619 g/mol. The van der Waals surface area contributed by atoms with Crippen molar-refractivity contribution in [2.75, 3.05) is 14.2 Å². The molecule has 1 heterocycles. The lowest BCUT2D eigenvalue weighted by Gasteiger charge is -2.36. The smallest absolute Gasteiger partial charge is 0.230 e. The van der Waals surface area contributed by atoms with Crippen molar-refractivity contribution >= 4 is 12.1 Å². The molecule has 0 saturated heterocycles. The van der Waals surface area contributed by atoms with Gasteiger partial charge in [-0.15, -0.1) is 0 Å². The van der Waals surface area contributed by atoms with Crippen LogP contribution in [0.4, 0.5) is 0 Å². The lowest BCUT2D eigenvalue weighted by atomic mass is 9.70. The molecule has 0 aromatic rings. The number of nitrogens with one attached hydrogen (secondary N) is 1. The van der Waals surface area contributed by atoms with Gasteiger partial charge in [-0.1, -0.05) is 146 Å². The van der Waals surface area contributed by atoms with Crippen molar-refractivity contribution in [3.8, 4) is 0 Å². The summed E-state index contributed by atoms with van der Waals surface area (Å²) in [6.45, 7) is 23.1. The zero-order valence-corrected chi connectivity index (χ0v) is 29.1. The minimum absolute atomic E-state index is 0.112. The molecule has 2 fully saturated rings. The predicted octanol–water partition coefficient (Wildman–Crippen LogP) is 9.31. The number of hydrogen-bond donors (Lipinski definition) is 2. The van der Waals surface area contributed by atoms with Crippen molar-refractivity contribution < 1.29 is 9.53 Å². The highest BCUT2D eigenvalue weighted by molar-refractivity contribution is 5.95. The number of hydrogen-bond acceptors (Lipinski definition) is 5. The summed E-state index contributed by atoms with van der Waals surface area (Å²) in [7, 11) is 3.14. The third kappa shape index (κ3) is 16.7. The number of methoxy groups -OCH3 is 1. The monoisotopic (exact) mass is 618 g/mol. The van der Waals surface area contributed by atoms with E-state index in [0.29, 0.717) is 11.3 Å². The van der Waals surface area contributed by atoms with Crippen molar-refractivity contribution in [1.82, 2.24) is 10.3 Å². The largest absolute Gasteiger partial charge is 0.504 e. The molecule has 1 amide bonds. The number of amides is 1.